The monoisotopic (exact) mass is 368 g/mol. The second-order valence-electron chi connectivity index (χ2n) is 8.95. The summed E-state index contributed by atoms with van der Waals surface area (Å²) in [5.74, 6) is 1.36. The molecular formula is C25H40N2. The fraction of sp³-hybridized carbons (Fsp3) is 0.600. The third kappa shape index (κ3) is 5.40. The van der Waals surface area contributed by atoms with Crippen molar-refractivity contribution in [3.05, 3.63) is 34.9 Å². The molecule has 2 nitrogen and oxygen atoms in total. The van der Waals surface area contributed by atoms with Crippen LogP contribution in [0.4, 0.5) is 11.4 Å². The zero-order valence-electron chi connectivity index (χ0n) is 18.2. The summed E-state index contributed by atoms with van der Waals surface area (Å²) in [5, 5.41) is 2.75. The van der Waals surface area contributed by atoms with Gasteiger partial charge in [0.2, 0.25) is 0 Å². The van der Waals surface area contributed by atoms with Gasteiger partial charge in [-0.15, -0.1) is 0 Å². The highest BCUT2D eigenvalue weighted by Gasteiger charge is 2.18. The average molecular weight is 369 g/mol. The molecule has 0 aliphatic rings. The Kier molecular flexibility index (Phi) is 8.01. The third-order valence-corrected chi connectivity index (χ3v) is 5.71. The molecule has 0 bridgehead atoms. The second-order valence-corrected chi connectivity index (χ2v) is 8.95. The molecule has 0 aromatic heterocycles. The Morgan fingerprint density at radius 3 is 2.04 bits per heavy atom. The SMILES string of the molecule is CCCCCc1c(N)c(N)c(CCC(C)C)c2c(CCC(C)C)cccc12. The molecule has 4 N–H and O–H groups in total. The minimum atomic E-state index is 0.660. The van der Waals surface area contributed by atoms with Crippen molar-refractivity contribution in [1.29, 1.82) is 0 Å². The number of aryl methyl sites for hydroxylation is 3. The molecule has 0 unspecified atom stereocenters. The molecule has 2 aromatic carbocycles. The number of fused-ring (bicyclic) bond motifs is 1. The first-order valence-electron chi connectivity index (χ1n) is 11.0. The first-order chi connectivity index (χ1) is 12.9. The number of nitrogens with two attached hydrogens (primary N) is 2. The Balaban J connectivity index is 2.62. The number of hydrogen-bond acceptors (Lipinski definition) is 2. The summed E-state index contributed by atoms with van der Waals surface area (Å²) in [6.07, 6.45) is 9.14. The summed E-state index contributed by atoms with van der Waals surface area (Å²) in [6.45, 7) is 11.4. The lowest BCUT2D eigenvalue weighted by molar-refractivity contribution is 0.585. The first-order valence-corrected chi connectivity index (χ1v) is 11.0. The van der Waals surface area contributed by atoms with E-state index in [0.717, 1.165) is 37.1 Å². The number of hydrogen-bond donors (Lipinski definition) is 2. The molecule has 0 aliphatic heterocycles. The molecule has 0 heterocycles. The molecule has 0 saturated heterocycles. The number of unbranched alkanes of at least 4 members (excludes halogenated alkanes) is 2. The van der Waals surface area contributed by atoms with Crippen LogP contribution in [0.5, 0.6) is 0 Å². The summed E-state index contributed by atoms with van der Waals surface area (Å²) < 4.78 is 0. The molecule has 150 valence electrons. The van der Waals surface area contributed by atoms with Crippen molar-refractivity contribution in [2.24, 2.45) is 11.8 Å². The van der Waals surface area contributed by atoms with Crippen LogP contribution in [0.25, 0.3) is 10.8 Å². The van der Waals surface area contributed by atoms with Crippen molar-refractivity contribution in [3.63, 3.8) is 0 Å². The van der Waals surface area contributed by atoms with Gasteiger partial charge in [-0.25, -0.2) is 0 Å². The van der Waals surface area contributed by atoms with Crippen LogP contribution in [-0.2, 0) is 19.3 Å². The molecule has 27 heavy (non-hydrogen) atoms. The Bertz CT molecular complexity index is 744. The highest BCUT2D eigenvalue weighted by Crippen LogP contribution is 2.39. The minimum absolute atomic E-state index is 0.660. The molecule has 2 aromatic rings. The van der Waals surface area contributed by atoms with E-state index in [2.05, 4.69) is 52.8 Å². The van der Waals surface area contributed by atoms with Gasteiger partial charge in [0, 0.05) is 0 Å². The zero-order chi connectivity index (χ0) is 20.0. The Morgan fingerprint density at radius 2 is 1.41 bits per heavy atom. The predicted molar refractivity (Wildman–Crippen MR) is 122 cm³/mol. The van der Waals surface area contributed by atoms with Crippen molar-refractivity contribution in [1.82, 2.24) is 0 Å². The third-order valence-electron chi connectivity index (χ3n) is 5.71. The van der Waals surface area contributed by atoms with Crippen molar-refractivity contribution in [2.75, 3.05) is 11.5 Å². The molecule has 2 heteroatoms. The Hall–Kier alpha value is -1.70. The van der Waals surface area contributed by atoms with Gasteiger partial charge in [0.25, 0.3) is 0 Å². The zero-order valence-corrected chi connectivity index (χ0v) is 18.2. The van der Waals surface area contributed by atoms with Gasteiger partial charge in [0.15, 0.2) is 0 Å². The van der Waals surface area contributed by atoms with Crippen molar-refractivity contribution >= 4 is 22.1 Å². The lowest BCUT2D eigenvalue weighted by Gasteiger charge is -2.21. The fourth-order valence-corrected chi connectivity index (χ4v) is 3.98. The maximum Gasteiger partial charge on any atom is 0.0589 e. The molecule has 0 radical (unpaired) electrons. The fourth-order valence-electron chi connectivity index (χ4n) is 3.98. The highest BCUT2D eigenvalue weighted by atomic mass is 14.7. The summed E-state index contributed by atoms with van der Waals surface area (Å²) in [7, 11) is 0. The van der Waals surface area contributed by atoms with Crippen LogP contribution in [0.2, 0.25) is 0 Å². The van der Waals surface area contributed by atoms with E-state index in [0.29, 0.717) is 11.8 Å². The lowest BCUT2D eigenvalue weighted by atomic mass is 9.86. The molecule has 0 aliphatic carbocycles. The standard InChI is InChI=1S/C25H40N2/c1-6-7-8-11-21-20-12-9-10-19(15-13-17(2)3)23(20)22(16-14-18(4)5)25(27)24(21)26/h9-10,12,17-18H,6-8,11,13-16,26-27H2,1-5H3. The summed E-state index contributed by atoms with van der Waals surface area (Å²) in [4.78, 5) is 0. The van der Waals surface area contributed by atoms with E-state index >= 15 is 0 Å². The first kappa shape index (κ1) is 21.6. The normalized spacial score (nSPS) is 11.8. The average Bonchev–Trinajstić information content (AvgIpc) is 2.62. The van der Waals surface area contributed by atoms with E-state index in [9.17, 15) is 0 Å². The number of rotatable bonds is 10. The maximum absolute atomic E-state index is 6.64. The van der Waals surface area contributed by atoms with Gasteiger partial charge in [-0.1, -0.05) is 65.7 Å². The van der Waals surface area contributed by atoms with E-state index in [4.69, 9.17) is 11.5 Å². The van der Waals surface area contributed by atoms with E-state index in [1.54, 1.807) is 0 Å². The molecular weight excluding hydrogens is 328 g/mol. The van der Waals surface area contributed by atoms with Crippen LogP contribution >= 0.6 is 0 Å². The maximum atomic E-state index is 6.64. The topological polar surface area (TPSA) is 52.0 Å². The van der Waals surface area contributed by atoms with Gasteiger partial charge in [-0.05, 0) is 77.8 Å². The number of anilines is 2. The quantitative estimate of drug-likeness (QED) is 0.353. The van der Waals surface area contributed by atoms with Crippen LogP contribution < -0.4 is 11.5 Å². The largest absolute Gasteiger partial charge is 0.397 e. The van der Waals surface area contributed by atoms with Crippen LogP contribution in [0.3, 0.4) is 0 Å². The molecule has 0 saturated carbocycles. The van der Waals surface area contributed by atoms with Gasteiger partial charge in [0.1, 0.15) is 0 Å². The van der Waals surface area contributed by atoms with Gasteiger partial charge in [-0.2, -0.15) is 0 Å². The second kappa shape index (κ2) is 10.0. The van der Waals surface area contributed by atoms with Gasteiger partial charge in [-0.3, -0.25) is 0 Å². The Morgan fingerprint density at radius 1 is 0.778 bits per heavy atom. The molecule has 2 rings (SSSR count). The summed E-state index contributed by atoms with van der Waals surface area (Å²) >= 11 is 0. The molecule has 0 atom stereocenters. The minimum Gasteiger partial charge on any atom is -0.397 e. The van der Waals surface area contributed by atoms with Crippen LogP contribution in [0.1, 0.15) is 83.4 Å². The number of nitrogen functional groups attached to an aromatic ring is 2. The van der Waals surface area contributed by atoms with Gasteiger partial charge >= 0.3 is 0 Å². The van der Waals surface area contributed by atoms with Crippen molar-refractivity contribution in [3.8, 4) is 0 Å². The van der Waals surface area contributed by atoms with E-state index in [1.165, 1.54) is 53.1 Å². The van der Waals surface area contributed by atoms with E-state index in [1.807, 2.05) is 0 Å². The van der Waals surface area contributed by atoms with Crippen molar-refractivity contribution < 1.29 is 0 Å². The van der Waals surface area contributed by atoms with E-state index < -0.39 is 0 Å². The van der Waals surface area contributed by atoms with Crippen LogP contribution in [-0.4, -0.2) is 0 Å². The smallest absolute Gasteiger partial charge is 0.0589 e. The lowest BCUT2D eigenvalue weighted by Crippen LogP contribution is -2.08. The highest BCUT2D eigenvalue weighted by molar-refractivity contribution is 6.00. The summed E-state index contributed by atoms with van der Waals surface area (Å²) in [6, 6.07) is 6.78. The molecule has 0 fully saturated rings. The van der Waals surface area contributed by atoms with Crippen molar-refractivity contribution in [2.45, 2.75) is 86.0 Å². The van der Waals surface area contributed by atoms with Gasteiger partial charge in [0.05, 0.1) is 11.4 Å². The Labute approximate surface area is 166 Å². The van der Waals surface area contributed by atoms with Gasteiger partial charge < -0.3 is 11.5 Å². The molecule has 0 spiro atoms. The molecule has 0 amide bonds. The van der Waals surface area contributed by atoms with Crippen LogP contribution in [0, 0.1) is 11.8 Å². The predicted octanol–water partition coefficient (Wildman–Crippen LogP) is 6.91. The summed E-state index contributed by atoms with van der Waals surface area (Å²) in [5.41, 5.74) is 18.9. The van der Waals surface area contributed by atoms with Crippen LogP contribution in [0.15, 0.2) is 18.2 Å². The number of benzene rings is 2. The van der Waals surface area contributed by atoms with E-state index in [-0.39, 0.29) is 0 Å².